The second-order valence-electron chi connectivity index (χ2n) is 7.39. The number of aliphatic hydroxyl groups excluding tert-OH is 1. The molecule has 0 fully saturated rings. The molecule has 0 saturated carbocycles. The Labute approximate surface area is 182 Å². The summed E-state index contributed by atoms with van der Waals surface area (Å²) in [7, 11) is 0. The fourth-order valence-electron chi connectivity index (χ4n) is 3.38. The van der Waals surface area contributed by atoms with E-state index < -0.39 is 0 Å². The molecule has 0 unspecified atom stereocenters. The van der Waals surface area contributed by atoms with Crippen LogP contribution in [0, 0.1) is 0 Å². The minimum absolute atomic E-state index is 0.328. The second-order valence-corrected chi connectivity index (χ2v) is 10.8. The molecule has 3 heterocycles. The molecule has 1 nitrogen and oxygen atoms in total. The van der Waals surface area contributed by atoms with Gasteiger partial charge in [0.15, 0.2) is 0 Å². The first-order chi connectivity index (χ1) is 13.8. The number of aryl methyl sites for hydroxylation is 2. The molecule has 3 aromatic rings. The lowest BCUT2D eigenvalue weighted by Crippen LogP contribution is -1.85. The Bertz CT molecular complexity index is 811. The standard InChI is InChI=1S/C24H32OS3/c1-2-3-4-7-10-19-12-14-21(26-19)23-16-17-24(28-23)22-15-13-20(27-22)11-8-5-6-9-18-25/h12-17,25H,2-11,18H2,1H3. The topological polar surface area (TPSA) is 20.2 Å². The second kappa shape index (κ2) is 11.9. The van der Waals surface area contributed by atoms with Crippen molar-refractivity contribution >= 4 is 34.0 Å². The Morgan fingerprint density at radius 1 is 0.571 bits per heavy atom. The van der Waals surface area contributed by atoms with Crippen LogP contribution in [0.5, 0.6) is 0 Å². The number of hydrogen-bond acceptors (Lipinski definition) is 4. The highest BCUT2D eigenvalue weighted by Gasteiger charge is 2.10. The van der Waals surface area contributed by atoms with E-state index in [2.05, 4.69) is 43.3 Å². The Balaban J connectivity index is 1.53. The lowest BCUT2D eigenvalue weighted by molar-refractivity contribution is 0.282. The maximum Gasteiger partial charge on any atom is 0.0449 e. The van der Waals surface area contributed by atoms with Crippen molar-refractivity contribution in [2.24, 2.45) is 0 Å². The van der Waals surface area contributed by atoms with Crippen molar-refractivity contribution in [2.75, 3.05) is 6.61 Å². The van der Waals surface area contributed by atoms with Crippen LogP contribution in [0.15, 0.2) is 36.4 Å². The molecule has 0 radical (unpaired) electrons. The highest BCUT2D eigenvalue weighted by atomic mass is 32.1. The first-order valence-corrected chi connectivity index (χ1v) is 13.1. The number of thiophene rings is 3. The molecular formula is C24H32OS3. The van der Waals surface area contributed by atoms with E-state index in [0.717, 1.165) is 12.8 Å². The van der Waals surface area contributed by atoms with Crippen molar-refractivity contribution in [1.29, 1.82) is 0 Å². The molecule has 0 aliphatic heterocycles. The van der Waals surface area contributed by atoms with E-state index in [1.807, 2.05) is 34.0 Å². The first kappa shape index (κ1) is 21.8. The third kappa shape index (κ3) is 6.55. The van der Waals surface area contributed by atoms with Gasteiger partial charge >= 0.3 is 0 Å². The minimum Gasteiger partial charge on any atom is -0.396 e. The van der Waals surface area contributed by atoms with E-state index in [9.17, 15) is 0 Å². The Morgan fingerprint density at radius 3 is 1.57 bits per heavy atom. The average Bonchev–Trinajstić information content (AvgIpc) is 3.45. The van der Waals surface area contributed by atoms with Gasteiger partial charge in [-0.25, -0.2) is 0 Å². The van der Waals surface area contributed by atoms with Gasteiger partial charge in [0, 0.05) is 35.9 Å². The summed E-state index contributed by atoms with van der Waals surface area (Å²) >= 11 is 5.84. The Kier molecular flexibility index (Phi) is 9.26. The number of unbranched alkanes of at least 4 members (excludes halogenated alkanes) is 6. The molecule has 0 aromatic carbocycles. The van der Waals surface area contributed by atoms with Crippen molar-refractivity contribution in [3.05, 3.63) is 46.2 Å². The van der Waals surface area contributed by atoms with Gasteiger partial charge < -0.3 is 5.11 Å². The average molecular weight is 433 g/mol. The van der Waals surface area contributed by atoms with Crippen molar-refractivity contribution in [2.45, 2.75) is 71.1 Å². The van der Waals surface area contributed by atoms with Crippen LogP contribution in [-0.2, 0) is 12.8 Å². The molecular weight excluding hydrogens is 400 g/mol. The van der Waals surface area contributed by atoms with Gasteiger partial charge in [0.2, 0.25) is 0 Å². The van der Waals surface area contributed by atoms with Gasteiger partial charge in [-0.05, 0) is 68.5 Å². The Morgan fingerprint density at radius 2 is 1.04 bits per heavy atom. The van der Waals surface area contributed by atoms with Gasteiger partial charge in [-0.2, -0.15) is 0 Å². The molecule has 0 aliphatic rings. The van der Waals surface area contributed by atoms with Crippen molar-refractivity contribution in [3.8, 4) is 19.5 Å². The third-order valence-electron chi connectivity index (χ3n) is 5.02. The zero-order valence-electron chi connectivity index (χ0n) is 16.9. The summed E-state index contributed by atoms with van der Waals surface area (Å²) in [5.74, 6) is 0. The quantitative estimate of drug-likeness (QED) is 0.269. The van der Waals surface area contributed by atoms with Gasteiger partial charge in [-0.15, -0.1) is 34.0 Å². The largest absolute Gasteiger partial charge is 0.396 e. The smallest absolute Gasteiger partial charge is 0.0449 e. The van der Waals surface area contributed by atoms with Crippen LogP contribution in [0.1, 0.15) is 68.0 Å². The van der Waals surface area contributed by atoms with Gasteiger partial charge in [-0.3, -0.25) is 0 Å². The molecule has 0 spiro atoms. The van der Waals surface area contributed by atoms with Crippen molar-refractivity contribution in [3.63, 3.8) is 0 Å². The van der Waals surface area contributed by atoms with Crippen LogP contribution in [0.3, 0.4) is 0 Å². The number of hydrogen-bond donors (Lipinski definition) is 1. The van der Waals surface area contributed by atoms with Crippen LogP contribution in [-0.4, -0.2) is 11.7 Å². The number of aliphatic hydroxyl groups is 1. The molecule has 3 rings (SSSR count). The van der Waals surface area contributed by atoms with Gasteiger partial charge in [0.1, 0.15) is 0 Å². The van der Waals surface area contributed by atoms with E-state index in [-0.39, 0.29) is 0 Å². The third-order valence-corrected chi connectivity index (χ3v) is 8.79. The number of rotatable bonds is 13. The van der Waals surface area contributed by atoms with Crippen molar-refractivity contribution < 1.29 is 5.11 Å². The van der Waals surface area contributed by atoms with Crippen LogP contribution in [0.2, 0.25) is 0 Å². The summed E-state index contributed by atoms with van der Waals surface area (Å²) in [6, 6.07) is 13.8. The summed E-state index contributed by atoms with van der Waals surface area (Å²) in [6.45, 7) is 2.60. The maximum absolute atomic E-state index is 8.86. The molecule has 0 saturated heterocycles. The van der Waals surface area contributed by atoms with Crippen molar-refractivity contribution in [1.82, 2.24) is 0 Å². The van der Waals surface area contributed by atoms with E-state index in [1.54, 1.807) is 0 Å². The maximum atomic E-state index is 8.86. The molecule has 0 amide bonds. The fourth-order valence-corrected chi connectivity index (χ4v) is 6.67. The highest BCUT2D eigenvalue weighted by Crippen LogP contribution is 2.40. The predicted octanol–water partition coefficient (Wildman–Crippen LogP) is 8.42. The molecule has 3 aromatic heterocycles. The first-order valence-electron chi connectivity index (χ1n) is 10.7. The molecule has 1 N–H and O–H groups in total. The lowest BCUT2D eigenvalue weighted by atomic mass is 10.1. The predicted molar refractivity (Wildman–Crippen MR) is 128 cm³/mol. The molecule has 0 aliphatic carbocycles. The zero-order chi connectivity index (χ0) is 19.6. The molecule has 0 atom stereocenters. The van der Waals surface area contributed by atoms with Crippen LogP contribution in [0.25, 0.3) is 19.5 Å². The molecule has 152 valence electrons. The van der Waals surface area contributed by atoms with Gasteiger partial charge in [0.05, 0.1) is 0 Å². The highest BCUT2D eigenvalue weighted by molar-refractivity contribution is 7.26. The minimum atomic E-state index is 0.328. The lowest BCUT2D eigenvalue weighted by Gasteiger charge is -1.98. The van der Waals surface area contributed by atoms with Crippen LogP contribution in [0.4, 0.5) is 0 Å². The van der Waals surface area contributed by atoms with Gasteiger partial charge in [0.25, 0.3) is 0 Å². The summed E-state index contributed by atoms with van der Waals surface area (Å²) in [4.78, 5) is 8.63. The summed E-state index contributed by atoms with van der Waals surface area (Å²) in [6.07, 6.45) is 12.3. The molecule has 28 heavy (non-hydrogen) atoms. The SMILES string of the molecule is CCCCCCc1ccc(-c2ccc(-c3ccc(CCCCCCO)s3)s2)s1. The zero-order valence-corrected chi connectivity index (χ0v) is 19.4. The summed E-state index contributed by atoms with van der Waals surface area (Å²) in [5, 5.41) is 8.86. The van der Waals surface area contributed by atoms with E-state index >= 15 is 0 Å². The summed E-state index contributed by atoms with van der Waals surface area (Å²) in [5.41, 5.74) is 0. The van der Waals surface area contributed by atoms with Crippen LogP contribution >= 0.6 is 34.0 Å². The fraction of sp³-hybridized carbons (Fsp3) is 0.500. The molecule has 0 bridgehead atoms. The van der Waals surface area contributed by atoms with Crippen LogP contribution < -0.4 is 0 Å². The summed E-state index contributed by atoms with van der Waals surface area (Å²) < 4.78 is 0. The van der Waals surface area contributed by atoms with E-state index in [4.69, 9.17) is 5.11 Å². The molecule has 4 heteroatoms. The normalized spacial score (nSPS) is 11.4. The Hall–Kier alpha value is -0.940. The van der Waals surface area contributed by atoms with E-state index in [0.29, 0.717) is 6.61 Å². The van der Waals surface area contributed by atoms with Gasteiger partial charge in [-0.1, -0.05) is 39.0 Å². The van der Waals surface area contributed by atoms with E-state index in [1.165, 1.54) is 80.6 Å². The monoisotopic (exact) mass is 432 g/mol.